The second-order valence-corrected chi connectivity index (χ2v) is 4.84. The van der Waals surface area contributed by atoms with Crippen molar-refractivity contribution in [2.24, 2.45) is 11.8 Å². The number of hydrogen-bond acceptors (Lipinski definition) is 0. The molecule has 2 saturated carbocycles. The average molecular weight is 146 g/mol. The van der Waals surface area contributed by atoms with E-state index in [1.54, 1.807) is 0 Å². The highest BCUT2D eigenvalue weighted by molar-refractivity contribution is 7.18. The Morgan fingerprint density at radius 3 is 1.25 bits per heavy atom. The van der Waals surface area contributed by atoms with Gasteiger partial charge in [0.05, 0.1) is 0 Å². The van der Waals surface area contributed by atoms with Crippen molar-refractivity contribution in [2.75, 3.05) is 0 Å². The van der Waals surface area contributed by atoms with Gasteiger partial charge in [0.1, 0.15) is 0 Å². The van der Waals surface area contributed by atoms with Gasteiger partial charge in [-0.15, -0.1) is 18.5 Å². The van der Waals surface area contributed by atoms with Crippen LogP contribution >= 0.6 is 18.5 Å². The van der Waals surface area contributed by atoms with Gasteiger partial charge in [0, 0.05) is 0 Å². The monoisotopic (exact) mass is 146 g/mol. The minimum absolute atomic E-state index is 0.991. The number of rotatable bonds is 1. The first-order valence-electron chi connectivity index (χ1n) is 3.30. The van der Waals surface area contributed by atoms with Crippen LogP contribution < -0.4 is 0 Å². The molecule has 46 valence electrons. The zero-order valence-electron chi connectivity index (χ0n) is 4.88. The third-order valence-electron chi connectivity index (χ3n) is 2.33. The zero-order valence-corrected chi connectivity index (χ0v) is 7.19. The molecule has 0 N–H and O–H groups in total. The molecule has 0 aromatic carbocycles. The van der Waals surface area contributed by atoms with E-state index in [4.69, 9.17) is 0 Å². The Morgan fingerprint density at radius 2 is 1.12 bits per heavy atom. The zero-order chi connectivity index (χ0) is 5.72. The Bertz CT molecular complexity index is 99.1. The van der Waals surface area contributed by atoms with E-state index in [-0.39, 0.29) is 0 Å². The van der Waals surface area contributed by atoms with E-state index in [0.717, 1.165) is 23.2 Å². The SMILES string of the molecule is PC1CC1C1CC1P. The van der Waals surface area contributed by atoms with E-state index in [0.29, 0.717) is 0 Å². The number of hydrogen-bond donors (Lipinski definition) is 0. The summed E-state index contributed by atoms with van der Waals surface area (Å²) in [5.74, 6) is 2.20. The molecule has 8 heavy (non-hydrogen) atoms. The van der Waals surface area contributed by atoms with Crippen LogP contribution in [-0.2, 0) is 0 Å². The fourth-order valence-electron chi connectivity index (χ4n) is 1.46. The molecule has 2 aliphatic carbocycles. The quantitative estimate of drug-likeness (QED) is 0.492. The van der Waals surface area contributed by atoms with Crippen LogP contribution in [0.3, 0.4) is 0 Å². The van der Waals surface area contributed by atoms with Gasteiger partial charge < -0.3 is 0 Å². The summed E-state index contributed by atoms with van der Waals surface area (Å²) in [6, 6.07) is 0. The third kappa shape index (κ3) is 0.829. The molecule has 0 bridgehead atoms. The van der Waals surface area contributed by atoms with Crippen LogP contribution in [0.25, 0.3) is 0 Å². The van der Waals surface area contributed by atoms with Crippen LogP contribution in [0.5, 0.6) is 0 Å². The summed E-state index contributed by atoms with van der Waals surface area (Å²) in [4.78, 5) is 0. The van der Waals surface area contributed by atoms with Gasteiger partial charge in [-0.25, -0.2) is 0 Å². The summed E-state index contributed by atoms with van der Waals surface area (Å²) in [6.07, 6.45) is 2.97. The molecule has 0 radical (unpaired) electrons. The highest BCUT2D eigenvalue weighted by Gasteiger charge is 2.49. The lowest BCUT2D eigenvalue weighted by Gasteiger charge is -1.86. The van der Waals surface area contributed by atoms with Crippen molar-refractivity contribution in [1.29, 1.82) is 0 Å². The first-order chi connectivity index (χ1) is 3.79. The minimum atomic E-state index is 0.991. The molecule has 0 amide bonds. The van der Waals surface area contributed by atoms with E-state index in [1.165, 1.54) is 12.8 Å². The predicted octanol–water partition coefficient (Wildman–Crippen LogP) is 1.51. The Labute approximate surface area is 55.2 Å². The van der Waals surface area contributed by atoms with Crippen LogP contribution in [0, 0.1) is 11.8 Å². The van der Waals surface area contributed by atoms with Crippen LogP contribution in [0.15, 0.2) is 0 Å². The molecule has 6 unspecified atom stereocenters. The lowest BCUT2D eigenvalue weighted by molar-refractivity contribution is 0.723. The molecule has 0 heterocycles. The van der Waals surface area contributed by atoms with E-state index in [1.807, 2.05) is 0 Å². The fraction of sp³-hybridized carbons (Fsp3) is 1.00. The second kappa shape index (κ2) is 1.68. The summed E-state index contributed by atoms with van der Waals surface area (Å²) >= 11 is 0. The van der Waals surface area contributed by atoms with Crippen molar-refractivity contribution < 1.29 is 0 Å². The molecule has 0 aliphatic heterocycles. The minimum Gasteiger partial charge on any atom is -0.134 e. The first kappa shape index (κ1) is 5.63. The summed E-state index contributed by atoms with van der Waals surface area (Å²) in [7, 11) is 5.85. The Kier molecular flexibility index (Phi) is 1.18. The largest absolute Gasteiger partial charge is 0.134 e. The Balaban J connectivity index is 1.86. The van der Waals surface area contributed by atoms with E-state index >= 15 is 0 Å². The summed E-state index contributed by atoms with van der Waals surface area (Å²) in [5, 5.41) is 0. The Hall–Kier alpha value is 0.860. The fourth-order valence-corrected chi connectivity index (χ4v) is 2.66. The highest BCUT2D eigenvalue weighted by atomic mass is 31.0. The van der Waals surface area contributed by atoms with Gasteiger partial charge in [-0.05, 0) is 36.0 Å². The van der Waals surface area contributed by atoms with E-state index in [2.05, 4.69) is 18.5 Å². The lowest BCUT2D eigenvalue weighted by Crippen LogP contribution is -1.83. The lowest BCUT2D eigenvalue weighted by atomic mass is 10.3. The third-order valence-corrected chi connectivity index (χ3v) is 3.87. The summed E-state index contributed by atoms with van der Waals surface area (Å²) in [5.41, 5.74) is 1.98. The smallest absolute Gasteiger partial charge is 0.0230 e. The van der Waals surface area contributed by atoms with Gasteiger partial charge in [0.2, 0.25) is 0 Å². The van der Waals surface area contributed by atoms with E-state index < -0.39 is 0 Å². The van der Waals surface area contributed by atoms with Crippen LogP contribution in [0.4, 0.5) is 0 Å². The maximum Gasteiger partial charge on any atom is -0.0230 e. The van der Waals surface area contributed by atoms with Crippen molar-refractivity contribution in [3.8, 4) is 0 Å². The van der Waals surface area contributed by atoms with Gasteiger partial charge in [-0.1, -0.05) is 0 Å². The van der Waals surface area contributed by atoms with Crippen molar-refractivity contribution in [3.05, 3.63) is 0 Å². The molecule has 2 aliphatic rings. The molecule has 0 saturated heterocycles. The molecule has 2 fully saturated rings. The van der Waals surface area contributed by atoms with Crippen molar-refractivity contribution in [2.45, 2.75) is 24.2 Å². The highest BCUT2D eigenvalue weighted by Crippen LogP contribution is 2.56. The Morgan fingerprint density at radius 1 is 0.875 bits per heavy atom. The second-order valence-electron chi connectivity index (χ2n) is 3.13. The summed E-state index contributed by atoms with van der Waals surface area (Å²) < 4.78 is 0. The maximum atomic E-state index is 2.92. The van der Waals surface area contributed by atoms with Crippen LogP contribution in [0.2, 0.25) is 0 Å². The molecule has 0 spiro atoms. The van der Waals surface area contributed by atoms with Gasteiger partial charge in [-0.3, -0.25) is 0 Å². The van der Waals surface area contributed by atoms with Gasteiger partial charge in [0.25, 0.3) is 0 Å². The van der Waals surface area contributed by atoms with E-state index in [9.17, 15) is 0 Å². The van der Waals surface area contributed by atoms with Gasteiger partial charge in [0.15, 0.2) is 0 Å². The standard InChI is InChI=1S/C6H12P2/c7-5-1-3(5)4-2-6(4)8/h3-6H,1-2,7-8H2. The molecule has 0 aromatic heterocycles. The maximum absolute atomic E-state index is 2.92. The van der Waals surface area contributed by atoms with Crippen molar-refractivity contribution >= 4 is 18.5 Å². The summed E-state index contributed by atoms with van der Waals surface area (Å²) in [6.45, 7) is 0. The predicted molar refractivity (Wildman–Crippen MR) is 43.2 cm³/mol. The van der Waals surface area contributed by atoms with Crippen LogP contribution in [-0.4, -0.2) is 11.3 Å². The van der Waals surface area contributed by atoms with Crippen LogP contribution in [0.1, 0.15) is 12.8 Å². The van der Waals surface area contributed by atoms with Gasteiger partial charge >= 0.3 is 0 Å². The first-order valence-corrected chi connectivity index (χ1v) is 4.63. The molecule has 0 aromatic rings. The molecule has 0 nitrogen and oxygen atoms in total. The molecular weight excluding hydrogens is 134 g/mol. The van der Waals surface area contributed by atoms with Crippen molar-refractivity contribution in [3.63, 3.8) is 0 Å². The topological polar surface area (TPSA) is 0 Å². The van der Waals surface area contributed by atoms with Crippen molar-refractivity contribution in [1.82, 2.24) is 0 Å². The van der Waals surface area contributed by atoms with Gasteiger partial charge in [-0.2, -0.15) is 0 Å². The molecule has 6 atom stereocenters. The molecular formula is C6H12P2. The average Bonchev–Trinajstić information content (AvgIpc) is 2.47. The molecule has 2 rings (SSSR count). The normalized spacial score (nSPS) is 60.8. The molecule has 2 heteroatoms.